The van der Waals surface area contributed by atoms with Gasteiger partial charge in [-0.05, 0) is 28.4 Å². The minimum absolute atomic E-state index is 0.155. The zero-order chi connectivity index (χ0) is 13.6. The molecule has 1 aromatic rings. The fourth-order valence-corrected chi connectivity index (χ4v) is 2.65. The molecule has 0 aliphatic carbocycles. The van der Waals surface area contributed by atoms with Crippen molar-refractivity contribution in [2.75, 3.05) is 6.61 Å². The highest BCUT2D eigenvalue weighted by atomic mass is 16.5. The molecule has 0 aromatic heterocycles. The summed E-state index contributed by atoms with van der Waals surface area (Å²) >= 11 is 0. The molecule has 1 aromatic carbocycles. The molecule has 0 radical (unpaired) electrons. The fourth-order valence-electron chi connectivity index (χ4n) is 2.65. The minimum atomic E-state index is 0.155. The monoisotopic (exact) mass is 246 g/mol. The van der Waals surface area contributed by atoms with Gasteiger partial charge in [-0.1, -0.05) is 53.7 Å². The van der Waals surface area contributed by atoms with Crippen LogP contribution in [-0.2, 0) is 18.3 Å². The van der Waals surface area contributed by atoms with E-state index >= 15 is 0 Å². The summed E-state index contributed by atoms with van der Waals surface area (Å²) in [5.74, 6) is 1.15. The van der Waals surface area contributed by atoms with Gasteiger partial charge in [-0.25, -0.2) is 0 Å². The third kappa shape index (κ3) is 2.88. The van der Waals surface area contributed by atoms with Gasteiger partial charge in [0.15, 0.2) is 0 Å². The quantitative estimate of drug-likeness (QED) is 0.708. The third-order valence-electron chi connectivity index (χ3n) is 3.39. The van der Waals surface area contributed by atoms with Crippen molar-refractivity contribution < 1.29 is 4.74 Å². The zero-order valence-electron chi connectivity index (χ0n) is 12.7. The first-order valence-electron chi connectivity index (χ1n) is 6.96. The zero-order valence-corrected chi connectivity index (χ0v) is 12.7. The van der Waals surface area contributed by atoms with Crippen molar-refractivity contribution in [3.8, 4) is 5.75 Å². The summed E-state index contributed by atoms with van der Waals surface area (Å²) in [6, 6.07) is 4.71. The molecule has 0 bridgehead atoms. The SMILES string of the molecule is CC(C)(C)Cc1cc2c(c(C(C)(C)C)c1)OCC2. The summed E-state index contributed by atoms with van der Waals surface area (Å²) in [5.41, 5.74) is 4.72. The Morgan fingerprint density at radius 1 is 1.06 bits per heavy atom. The highest BCUT2D eigenvalue weighted by molar-refractivity contribution is 5.50. The molecule has 0 saturated carbocycles. The Hall–Kier alpha value is -0.980. The summed E-state index contributed by atoms with van der Waals surface area (Å²) in [5, 5.41) is 0. The second-order valence-electron chi connectivity index (χ2n) is 7.72. The smallest absolute Gasteiger partial charge is 0.126 e. The van der Waals surface area contributed by atoms with Crippen molar-refractivity contribution in [3.05, 3.63) is 28.8 Å². The van der Waals surface area contributed by atoms with Crippen LogP contribution < -0.4 is 4.74 Å². The number of ether oxygens (including phenoxy) is 1. The molecular formula is C17H26O. The van der Waals surface area contributed by atoms with Crippen LogP contribution in [0, 0.1) is 5.41 Å². The normalized spacial score (nSPS) is 15.4. The number of fused-ring (bicyclic) bond motifs is 1. The van der Waals surface area contributed by atoms with Crippen molar-refractivity contribution >= 4 is 0 Å². The second kappa shape index (κ2) is 4.29. The summed E-state index contributed by atoms with van der Waals surface area (Å²) in [7, 11) is 0. The first-order chi connectivity index (χ1) is 8.17. The van der Waals surface area contributed by atoms with Crippen LogP contribution in [0.15, 0.2) is 12.1 Å². The lowest BCUT2D eigenvalue weighted by Gasteiger charge is -2.25. The first kappa shape index (κ1) is 13.5. The molecule has 0 fully saturated rings. The van der Waals surface area contributed by atoms with Crippen LogP contribution in [0.2, 0.25) is 0 Å². The van der Waals surface area contributed by atoms with Gasteiger partial charge in [0.25, 0.3) is 0 Å². The maximum Gasteiger partial charge on any atom is 0.126 e. The van der Waals surface area contributed by atoms with Gasteiger partial charge in [0.2, 0.25) is 0 Å². The second-order valence-corrected chi connectivity index (χ2v) is 7.72. The fraction of sp³-hybridized carbons (Fsp3) is 0.647. The largest absolute Gasteiger partial charge is 0.493 e. The summed E-state index contributed by atoms with van der Waals surface area (Å²) in [6.07, 6.45) is 2.19. The Labute approximate surface area is 112 Å². The Morgan fingerprint density at radius 2 is 1.72 bits per heavy atom. The first-order valence-corrected chi connectivity index (χ1v) is 6.96. The predicted molar refractivity (Wildman–Crippen MR) is 77.5 cm³/mol. The van der Waals surface area contributed by atoms with Gasteiger partial charge in [0, 0.05) is 12.0 Å². The molecule has 1 aliphatic heterocycles. The van der Waals surface area contributed by atoms with E-state index in [2.05, 4.69) is 53.7 Å². The molecule has 0 atom stereocenters. The summed E-state index contributed by atoms with van der Waals surface area (Å²) in [4.78, 5) is 0. The van der Waals surface area contributed by atoms with Crippen LogP contribution in [-0.4, -0.2) is 6.61 Å². The Bertz CT molecular complexity index is 444. The molecule has 0 N–H and O–H groups in total. The molecule has 1 heteroatoms. The van der Waals surface area contributed by atoms with Crippen molar-refractivity contribution in [1.82, 2.24) is 0 Å². The summed E-state index contributed by atoms with van der Waals surface area (Å²) in [6.45, 7) is 14.5. The van der Waals surface area contributed by atoms with E-state index in [9.17, 15) is 0 Å². The van der Waals surface area contributed by atoms with E-state index in [1.54, 1.807) is 0 Å². The predicted octanol–water partition coefficient (Wildman–Crippen LogP) is 4.51. The highest BCUT2D eigenvalue weighted by Crippen LogP contribution is 2.39. The van der Waals surface area contributed by atoms with E-state index in [-0.39, 0.29) is 5.41 Å². The lowest BCUT2D eigenvalue weighted by Crippen LogP contribution is -2.15. The van der Waals surface area contributed by atoms with Gasteiger partial charge < -0.3 is 4.74 Å². The standard InChI is InChI=1S/C17H26O/c1-16(2,3)11-12-9-13-7-8-18-15(13)14(10-12)17(4,5)6/h9-10H,7-8,11H2,1-6H3. The molecule has 2 rings (SSSR count). The molecular weight excluding hydrogens is 220 g/mol. The molecule has 0 amide bonds. The van der Waals surface area contributed by atoms with Crippen LogP contribution in [0.5, 0.6) is 5.75 Å². The molecule has 1 heterocycles. The van der Waals surface area contributed by atoms with Crippen molar-refractivity contribution in [3.63, 3.8) is 0 Å². The van der Waals surface area contributed by atoms with Crippen LogP contribution in [0.1, 0.15) is 58.2 Å². The molecule has 0 saturated heterocycles. The molecule has 0 unspecified atom stereocenters. The lowest BCUT2D eigenvalue weighted by molar-refractivity contribution is 0.346. The van der Waals surface area contributed by atoms with E-state index in [0.29, 0.717) is 5.41 Å². The topological polar surface area (TPSA) is 9.23 Å². The van der Waals surface area contributed by atoms with Crippen molar-refractivity contribution in [2.24, 2.45) is 5.41 Å². The minimum Gasteiger partial charge on any atom is -0.493 e. The molecule has 18 heavy (non-hydrogen) atoms. The molecule has 1 nitrogen and oxygen atoms in total. The van der Waals surface area contributed by atoms with Crippen molar-refractivity contribution in [2.45, 2.75) is 59.8 Å². The molecule has 1 aliphatic rings. The maximum absolute atomic E-state index is 5.84. The highest BCUT2D eigenvalue weighted by Gasteiger charge is 2.26. The van der Waals surface area contributed by atoms with Crippen LogP contribution in [0.3, 0.4) is 0 Å². The molecule has 0 spiro atoms. The Morgan fingerprint density at radius 3 is 2.28 bits per heavy atom. The van der Waals surface area contributed by atoms with Crippen LogP contribution in [0.4, 0.5) is 0 Å². The van der Waals surface area contributed by atoms with Gasteiger partial charge in [0.1, 0.15) is 5.75 Å². The van der Waals surface area contributed by atoms with Crippen molar-refractivity contribution in [1.29, 1.82) is 0 Å². The van der Waals surface area contributed by atoms with Crippen LogP contribution in [0.25, 0.3) is 0 Å². The Kier molecular flexibility index (Phi) is 3.21. The van der Waals surface area contributed by atoms with Gasteiger partial charge in [-0.3, -0.25) is 0 Å². The van der Waals surface area contributed by atoms with E-state index in [1.165, 1.54) is 16.7 Å². The number of hydrogen-bond acceptors (Lipinski definition) is 1. The lowest BCUT2D eigenvalue weighted by atomic mass is 9.81. The van der Waals surface area contributed by atoms with Gasteiger partial charge in [0.05, 0.1) is 6.61 Å². The third-order valence-corrected chi connectivity index (χ3v) is 3.39. The number of rotatable bonds is 1. The Balaban J connectivity index is 2.46. The van der Waals surface area contributed by atoms with E-state index in [0.717, 1.165) is 25.2 Å². The van der Waals surface area contributed by atoms with E-state index in [4.69, 9.17) is 4.74 Å². The average molecular weight is 246 g/mol. The van der Waals surface area contributed by atoms with Gasteiger partial charge >= 0.3 is 0 Å². The molecule has 100 valence electrons. The maximum atomic E-state index is 5.84. The van der Waals surface area contributed by atoms with E-state index in [1.807, 2.05) is 0 Å². The van der Waals surface area contributed by atoms with E-state index < -0.39 is 0 Å². The van der Waals surface area contributed by atoms with Gasteiger partial charge in [-0.2, -0.15) is 0 Å². The van der Waals surface area contributed by atoms with Crippen LogP contribution >= 0.6 is 0 Å². The number of hydrogen-bond donors (Lipinski definition) is 0. The average Bonchev–Trinajstić information content (AvgIpc) is 2.59. The number of benzene rings is 1. The summed E-state index contributed by atoms with van der Waals surface area (Å²) < 4.78 is 5.84. The van der Waals surface area contributed by atoms with Gasteiger partial charge in [-0.15, -0.1) is 0 Å².